The van der Waals surface area contributed by atoms with Crippen molar-refractivity contribution < 1.29 is 19.0 Å². The highest BCUT2D eigenvalue weighted by Crippen LogP contribution is 2.37. The predicted octanol–water partition coefficient (Wildman–Crippen LogP) is 4.72. The SMILES string of the molecule is CCOCCN(CCOCC)C(C)(C)C(=O)c1ccc2c(c1)Oc1ccccc1C2. The number of benzene rings is 2. The third-order valence-electron chi connectivity index (χ3n) is 5.67. The number of carbonyl (C=O) groups excluding carboxylic acids is 1. The Morgan fingerprint density at radius 1 is 0.967 bits per heavy atom. The van der Waals surface area contributed by atoms with Gasteiger partial charge in [0.05, 0.1) is 18.8 Å². The van der Waals surface area contributed by atoms with E-state index in [0.29, 0.717) is 45.1 Å². The molecule has 5 nitrogen and oxygen atoms in total. The van der Waals surface area contributed by atoms with Crippen LogP contribution in [0.2, 0.25) is 0 Å². The van der Waals surface area contributed by atoms with Gasteiger partial charge < -0.3 is 14.2 Å². The van der Waals surface area contributed by atoms with Gasteiger partial charge >= 0.3 is 0 Å². The molecule has 0 atom stereocenters. The van der Waals surface area contributed by atoms with Crippen LogP contribution in [-0.4, -0.2) is 55.7 Å². The molecule has 0 N–H and O–H groups in total. The Labute approximate surface area is 179 Å². The van der Waals surface area contributed by atoms with Crippen LogP contribution >= 0.6 is 0 Å². The molecule has 30 heavy (non-hydrogen) atoms. The zero-order chi connectivity index (χ0) is 21.6. The van der Waals surface area contributed by atoms with E-state index < -0.39 is 5.54 Å². The normalized spacial score (nSPS) is 13.0. The third kappa shape index (κ3) is 5.09. The van der Waals surface area contributed by atoms with Crippen molar-refractivity contribution >= 4 is 5.78 Å². The quantitative estimate of drug-likeness (QED) is 0.338. The molecular weight excluding hydrogens is 378 g/mol. The van der Waals surface area contributed by atoms with Gasteiger partial charge in [-0.1, -0.05) is 30.3 Å². The van der Waals surface area contributed by atoms with E-state index in [1.165, 1.54) is 5.56 Å². The summed E-state index contributed by atoms with van der Waals surface area (Å²) in [7, 11) is 0. The molecule has 3 rings (SSSR count). The molecule has 1 aliphatic rings. The van der Waals surface area contributed by atoms with Crippen molar-refractivity contribution in [2.24, 2.45) is 0 Å². The average Bonchev–Trinajstić information content (AvgIpc) is 2.75. The first kappa shape index (κ1) is 22.5. The lowest BCUT2D eigenvalue weighted by atomic mass is 9.89. The largest absolute Gasteiger partial charge is 0.457 e. The second kappa shape index (κ2) is 10.2. The molecule has 0 fully saturated rings. The molecule has 2 aromatic carbocycles. The number of nitrogens with zero attached hydrogens (tertiary/aromatic N) is 1. The summed E-state index contributed by atoms with van der Waals surface area (Å²) in [4.78, 5) is 15.7. The number of carbonyl (C=O) groups is 1. The maximum atomic E-state index is 13.5. The van der Waals surface area contributed by atoms with E-state index in [-0.39, 0.29) is 5.78 Å². The van der Waals surface area contributed by atoms with E-state index >= 15 is 0 Å². The molecule has 2 aromatic rings. The highest BCUT2D eigenvalue weighted by atomic mass is 16.5. The monoisotopic (exact) mass is 411 g/mol. The number of hydrogen-bond acceptors (Lipinski definition) is 5. The minimum Gasteiger partial charge on any atom is -0.457 e. The van der Waals surface area contributed by atoms with Crippen LogP contribution in [0.3, 0.4) is 0 Å². The number of ketones is 1. The smallest absolute Gasteiger partial charge is 0.182 e. The standard InChI is InChI=1S/C25H33NO4/c1-5-28-15-13-26(14-16-29-6-2)25(3,4)24(27)21-12-11-20-17-19-9-7-8-10-22(19)30-23(20)18-21/h7-12,18H,5-6,13-17H2,1-4H3. The van der Waals surface area contributed by atoms with Crippen LogP contribution in [0.25, 0.3) is 0 Å². The Bertz CT molecular complexity index is 852. The maximum absolute atomic E-state index is 13.5. The molecule has 0 saturated carbocycles. The third-order valence-corrected chi connectivity index (χ3v) is 5.67. The van der Waals surface area contributed by atoms with E-state index in [1.807, 2.05) is 64.1 Å². The second-order valence-corrected chi connectivity index (χ2v) is 7.98. The van der Waals surface area contributed by atoms with Crippen LogP contribution < -0.4 is 4.74 Å². The number of Topliss-reactive ketones (excluding diaryl/α,β-unsaturated/α-hetero) is 1. The number of hydrogen-bond donors (Lipinski definition) is 0. The van der Waals surface area contributed by atoms with Gasteiger partial charge in [0.2, 0.25) is 0 Å². The summed E-state index contributed by atoms with van der Waals surface area (Å²) in [5.41, 5.74) is 2.25. The molecule has 162 valence electrons. The van der Waals surface area contributed by atoms with Crippen molar-refractivity contribution in [1.82, 2.24) is 4.90 Å². The molecule has 1 heterocycles. The first-order chi connectivity index (χ1) is 14.5. The molecule has 0 aliphatic carbocycles. The van der Waals surface area contributed by atoms with Crippen molar-refractivity contribution in [2.45, 2.75) is 39.7 Å². The van der Waals surface area contributed by atoms with E-state index in [1.54, 1.807) is 0 Å². The fourth-order valence-electron chi connectivity index (χ4n) is 3.82. The van der Waals surface area contributed by atoms with Crippen LogP contribution in [0.5, 0.6) is 11.5 Å². The van der Waals surface area contributed by atoms with Gasteiger partial charge in [0.25, 0.3) is 0 Å². The van der Waals surface area contributed by atoms with Crippen molar-refractivity contribution in [3.8, 4) is 11.5 Å². The van der Waals surface area contributed by atoms with Crippen molar-refractivity contribution in [3.63, 3.8) is 0 Å². The molecule has 0 aromatic heterocycles. The Morgan fingerprint density at radius 2 is 1.60 bits per heavy atom. The fraction of sp³-hybridized carbons (Fsp3) is 0.480. The van der Waals surface area contributed by atoms with Crippen LogP contribution in [-0.2, 0) is 15.9 Å². The van der Waals surface area contributed by atoms with Crippen molar-refractivity contribution in [3.05, 3.63) is 59.2 Å². The van der Waals surface area contributed by atoms with Gasteiger partial charge in [-0.3, -0.25) is 9.69 Å². The van der Waals surface area contributed by atoms with Gasteiger partial charge in [-0.2, -0.15) is 0 Å². The minimum atomic E-state index is -0.686. The summed E-state index contributed by atoms with van der Waals surface area (Å²) in [6, 6.07) is 13.9. The van der Waals surface area contributed by atoms with Crippen LogP contribution in [0.1, 0.15) is 49.2 Å². The minimum absolute atomic E-state index is 0.0701. The lowest BCUT2D eigenvalue weighted by Crippen LogP contribution is -2.52. The van der Waals surface area contributed by atoms with Gasteiger partial charge in [-0.25, -0.2) is 0 Å². The molecule has 0 spiro atoms. The summed E-state index contributed by atoms with van der Waals surface area (Å²) in [5, 5.41) is 0. The summed E-state index contributed by atoms with van der Waals surface area (Å²) in [5.74, 6) is 1.70. The highest BCUT2D eigenvalue weighted by molar-refractivity contribution is 6.03. The highest BCUT2D eigenvalue weighted by Gasteiger charge is 2.35. The molecule has 0 saturated heterocycles. The zero-order valence-corrected chi connectivity index (χ0v) is 18.6. The number of fused-ring (bicyclic) bond motifs is 2. The molecular formula is C25H33NO4. The lowest BCUT2D eigenvalue weighted by molar-refractivity contribution is 0.0314. The Kier molecular flexibility index (Phi) is 7.64. The van der Waals surface area contributed by atoms with E-state index in [2.05, 4.69) is 11.0 Å². The first-order valence-corrected chi connectivity index (χ1v) is 10.8. The molecule has 0 amide bonds. The fourth-order valence-corrected chi connectivity index (χ4v) is 3.82. The summed E-state index contributed by atoms with van der Waals surface area (Å²) in [6.07, 6.45) is 0.818. The Morgan fingerprint density at radius 3 is 2.27 bits per heavy atom. The molecule has 0 bridgehead atoms. The van der Waals surface area contributed by atoms with E-state index in [4.69, 9.17) is 14.2 Å². The van der Waals surface area contributed by atoms with Gasteiger partial charge in [-0.15, -0.1) is 0 Å². The van der Waals surface area contributed by atoms with Gasteiger partial charge in [0.1, 0.15) is 11.5 Å². The summed E-state index contributed by atoms with van der Waals surface area (Å²) in [6.45, 7) is 11.8. The van der Waals surface area contributed by atoms with Crippen LogP contribution in [0, 0.1) is 0 Å². The second-order valence-electron chi connectivity index (χ2n) is 7.98. The Hall–Kier alpha value is -2.21. The Balaban J connectivity index is 1.79. The topological polar surface area (TPSA) is 48.0 Å². The number of rotatable bonds is 11. The molecule has 1 aliphatic heterocycles. The summed E-state index contributed by atoms with van der Waals surface area (Å²) < 4.78 is 17.2. The lowest BCUT2D eigenvalue weighted by Gasteiger charge is -2.37. The summed E-state index contributed by atoms with van der Waals surface area (Å²) >= 11 is 0. The van der Waals surface area contributed by atoms with E-state index in [9.17, 15) is 4.79 Å². The number of para-hydroxylation sites is 1. The van der Waals surface area contributed by atoms with Gasteiger partial charge in [0.15, 0.2) is 5.78 Å². The van der Waals surface area contributed by atoms with Gasteiger partial charge in [-0.05, 0) is 51.0 Å². The van der Waals surface area contributed by atoms with E-state index in [0.717, 1.165) is 23.5 Å². The molecule has 0 radical (unpaired) electrons. The van der Waals surface area contributed by atoms with Crippen molar-refractivity contribution in [1.29, 1.82) is 0 Å². The van der Waals surface area contributed by atoms with Crippen LogP contribution in [0.15, 0.2) is 42.5 Å². The van der Waals surface area contributed by atoms with Gasteiger partial charge in [0, 0.05) is 38.3 Å². The predicted molar refractivity (Wildman–Crippen MR) is 119 cm³/mol. The zero-order valence-electron chi connectivity index (χ0n) is 18.6. The van der Waals surface area contributed by atoms with Crippen LogP contribution in [0.4, 0.5) is 0 Å². The first-order valence-electron chi connectivity index (χ1n) is 10.8. The maximum Gasteiger partial charge on any atom is 0.182 e. The average molecular weight is 412 g/mol. The molecule has 5 heteroatoms. The molecule has 0 unspecified atom stereocenters. The number of ether oxygens (including phenoxy) is 3. The van der Waals surface area contributed by atoms with Crippen molar-refractivity contribution in [2.75, 3.05) is 39.5 Å².